The summed E-state index contributed by atoms with van der Waals surface area (Å²) >= 11 is 4.07. The van der Waals surface area contributed by atoms with E-state index in [1.807, 2.05) is 0 Å². The smallest absolute Gasteiger partial charge is 0.333 e. The zero-order valence-corrected chi connectivity index (χ0v) is 19.8. The minimum Gasteiger partial charge on any atom is -0.462 e. The summed E-state index contributed by atoms with van der Waals surface area (Å²) in [6.45, 7) is 3.26. The fourth-order valence-corrected chi connectivity index (χ4v) is 3.65. The molecule has 0 saturated carbocycles. The van der Waals surface area contributed by atoms with Gasteiger partial charge in [-0.05, 0) is 36.4 Å². The quantitative estimate of drug-likeness (QED) is 0.195. The number of anilines is 1. The van der Waals surface area contributed by atoms with Crippen LogP contribution < -0.4 is 10.1 Å². The maximum Gasteiger partial charge on any atom is 0.333 e. The normalized spacial score (nSPS) is 23.8. The Hall–Kier alpha value is -3.33. The molecule has 5 atom stereocenters. The van der Waals surface area contributed by atoms with Crippen molar-refractivity contribution in [2.45, 2.75) is 30.7 Å². The first-order chi connectivity index (χ1) is 17.3. The number of amides is 2. The summed E-state index contributed by atoms with van der Waals surface area (Å²) in [5, 5.41) is 41.9. The molecule has 1 aliphatic rings. The highest BCUT2D eigenvalue weighted by Gasteiger charge is 2.44. The first-order valence-corrected chi connectivity index (χ1v) is 11.3. The second-order valence-electron chi connectivity index (χ2n) is 7.93. The van der Waals surface area contributed by atoms with Gasteiger partial charge in [-0.1, -0.05) is 18.9 Å². The van der Waals surface area contributed by atoms with Gasteiger partial charge in [0.1, 0.15) is 41.5 Å². The van der Waals surface area contributed by atoms with E-state index in [4.69, 9.17) is 9.47 Å². The second-order valence-corrected chi connectivity index (χ2v) is 8.42. The van der Waals surface area contributed by atoms with E-state index in [9.17, 15) is 25.2 Å². The Bertz CT molecular complexity index is 1230. The number of pyridine rings is 1. The van der Waals surface area contributed by atoms with Crippen molar-refractivity contribution in [2.24, 2.45) is 0 Å². The summed E-state index contributed by atoms with van der Waals surface area (Å²) < 4.78 is 12.1. The fourth-order valence-electron chi connectivity index (χ4n) is 3.49. The van der Waals surface area contributed by atoms with Gasteiger partial charge in [0, 0.05) is 5.56 Å². The molecule has 190 valence electrons. The van der Waals surface area contributed by atoms with Crippen LogP contribution >= 0.6 is 12.8 Å². The van der Waals surface area contributed by atoms with Gasteiger partial charge in [0.2, 0.25) is 6.29 Å². The van der Waals surface area contributed by atoms with Crippen molar-refractivity contribution in [2.75, 3.05) is 18.5 Å². The number of hydrogen-bond acceptors (Lipinski definition) is 11. The number of thiol groups is 1. The van der Waals surface area contributed by atoms with Gasteiger partial charge in [-0.2, -0.15) is 0 Å². The van der Waals surface area contributed by atoms with Crippen molar-refractivity contribution in [3.05, 3.63) is 55.3 Å². The van der Waals surface area contributed by atoms with E-state index in [0.717, 1.165) is 4.31 Å². The summed E-state index contributed by atoms with van der Waals surface area (Å²) in [5.41, 5.74) is 2.06. The molecule has 1 aromatic carbocycles. The Kier molecular flexibility index (Phi) is 7.98. The van der Waals surface area contributed by atoms with Crippen LogP contribution in [0.2, 0.25) is 0 Å². The summed E-state index contributed by atoms with van der Waals surface area (Å²) in [4.78, 5) is 25.4. The average molecular weight is 516 g/mol. The van der Waals surface area contributed by atoms with E-state index in [2.05, 4.69) is 39.7 Å². The van der Waals surface area contributed by atoms with Crippen molar-refractivity contribution >= 4 is 35.8 Å². The van der Waals surface area contributed by atoms with Crippen LogP contribution in [-0.2, 0) is 4.74 Å². The molecule has 12 nitrogen and oxygen atoms in total. The largest absolute Gasteiger partial charge is 0.462 e. The predicted molar refractivity (Wildman–Crippen MR) is 132 cm³/mol. The molecule has 5 unspecified atom stereocenters. The Morgan fingerprint density at radius 2 is 1.89 bits per heavy atom. The van der Waals surface area contributed by atoms with Crippen LogP contribution in [0.5, 0.6) is 5.75 Å². The highest BCUT2D eigenvalue weighted by molar-refractivity contribution is 7.78. The molecule has 2 aromatic heterocycles. The predicted octanol–water partition coefficient (Wildman–Crippen LogP) is 0.735. The Balaban J connectivity index is 1.49. The highest BCUT2D eigenvalue weighted by atomic mass is 32.1. The van der Waals surface area contributed by atoms with Crippen LogP contribution in [-0.4, -0.2) is 89.6 Å². The monoisotopic (exact) mass is 515 g/mol. The second kappa shape index (κ2) is 11.2. The zero-order chi connectivity index (χ0) is 25.8. The molecule has 4 rings (SSSR count). The van der Waals surface area contributed by atoms with Crippen molar-refractivity contribution in [3.63, 3.8) is 0 Å². The number of aliphatic hydroxyl groups excluding tert-OH is 4. The third kappa shape index (κ3) is 5.56. The Morgan fingerprint density at radius 3 is 2.58 bits per heavy atom. The van der Waals surface area contributed by atoms with Gasteiger partial charge >= 0.3 is 6.03 Å². The van der Waals surface area contributed by atoms with Crippen LogP contribution in [0.25, 0.3) is 22.4 Å². The third-order valence-electron chi connectivity index (χ3n) is 5.43. The molecule has 1 aliphatic heterocycles. The lowest BCUT2D eigenvalue weighted by Gasteiger charge is -2.39. The van der Waals surface area contributed by atoms with E-state index in [0.29, 0.717) is 28.2 Å². The summed E-state index contributed by atoms with van der Waals surface area (Å²) in [7, 11) is 0. The van der Waals surface area contributed by atoms with Crippen molar-refractivity contribution in [3.8, 4) is 17.0 Å². The number of aliphatic hydroxyl groups is 4. The first kappa shape index (κ1) is 25.8. The molecule has 1 fully saturated rings. The van der Waals surface area contributed by atoms with E-state index >= 15 is 0 Å². The molecule has 3 aromatic rings. The maximum absolute atomic E-state index is 12.1. The number of carbonyl (C=O) groups is 1. The minimum atomic E-state index is -1.53. The van der Waals surface area contributed by atoms with Gasteiger partial charge in [0.05, 0.1) is 25.0 Å². The topological polar surface area (TPSA) is 170 Å². The molecule has 0 aliphatic carbocycles. The summed E-state index contributed by atoms with van der Waals surface area (Å²) in [6, 6.07) is 9.44. The third-order valence-corrected chi connectivity index (χ3v) is 5.77. The molecule has 0 spiro atoms. The van der Waals surface area contributed by atoms with E-state index in [1.54, 1.807) is 48.7 Å². The first-order valence-electron chi connectivity index (χ1n) is 10.9. The summed E-state index contributed by atoms with van der Waals surface area (Å²) in [6.07, 6.45) is -3.75. The van der Waals surface area contributed by atoms with Crippen molar-refractivity contribution in [1.29, 1.82) is 0 Å². The molecule has 5 N–H and O–H groups in total. The number of nitrogens with zero attached hydrogens (tertiary/aromatic N) is 4. The molecule has 1 saturated heterocycles. The lowest BCUT2D eigenvalue weighted by Crippen LogP contribution is -2.60. The fraction of sp³-hybridized carbons (Fsp3) is 0.304. The van der Waals surface area contributed by atoms with Crippen LogP contribution in [0.3, 0.4) is 0 Å². The number of rotatable bonds is 7. The molecule has 3 heterocycles. The molecule has 36 heavy (non-hydrogen) atoms. The van der Waals surface area contributed by atoms with E-state index in [-0.39, 0.29) is 12.4 Å². The van der Waals surface area contributed by atoms with Crippen LogP contribution in [0.15, 0.2) is 55.3 Å². The number of ether oxygens (including phenoxy) is 2. The zero-order valence-electron chi connectivity index (χ0n) is 18.9. The maximum atomic E-state index is 12.1. The number of hydrogen-bond donors (Lipinski definition) is 6. The van der Waals surface area contributed by atoms with Crippen molar-refractivity contribution < 1.29 is 34.7 Å². The van der Waals surface area contributed by atoms with Gasteiger partial charge < -0.3 is 29.9 Å². The highest BCUT2D eigenvalue weighted by Crippen LogP contribution is 2.27. The van der Waals surface area contributed by atoms with Crippen LogP contribution in [0, 0.1) is 0 Å². The number of urea groups is 1. The van der Waals surface area contributed by atoms with Crippen molar-refractivity contribution in [1.82, 2.24) is 19.3 Å². The minimum absolute atomic E-state index is 0.253. The number of carbonyl (C=O) groups excluding carboxylic acids is 1. The molecule has 0 bridgehead atoms. The number of nitrogens with one attached hydrogen (secondary N) is 1. The molecular weight excluding hydrogens is 490 g/mol. The lowest BCUT2D eigenvalue weighted by molar-refractivity contribution is -0.277. The van der Waals surface area contributed by atoms with Crippen LogP contribution in [0.1, 0.15) is 0 Å². The molecule has 13 heteroatoms. The number of benzene rings is 1. The number of aromatic nitrogens is 3. The standard InChI is InChI=1S/C23H25N5O7S/c1-2-9-28(36)23(33)27-17-8-7-14-21(26-17)25-15(10-24-14)12-3-5-13(6-4-12)34-22-20(32)19(31)18(30)16(11-29)35-22/h2-8,10,16,18-20,22,29-32,36H,1,9,11H2,(H,25,26,27,33). The lowest BCUT2D eigenvalue weighted by atomic mass is 9.99. The SMILES string of the molecule is C=CCN(S)C(=O)Nc1ccc2ncc(-c3ccc(OC4OC(CO)C(O)C(O)C4O)cc3)nc2n1. The van der Waals surface area contributed by atoms with Gasteiger partial charge in [-0.15, -0.1) is 6.58 Å². The van der Waals surface area contributed by atoms with Gasteiger partial charge in [-0.3, -0.25) is 14.6 Å². The van der Waals surface area contributed by atoms with Gasteiger partial charge in [-0.25, -0.2) is 14.8 Å². The van der Waals surface area contributed by atoms with E-state index in [1.165, 1.54) is 0 Å². The summed E-state index contributed by atoms with van der Waals surface area (Å²) in [5.74, 6) is 0.598. The number of fused-ring (bicyclic) bond motifs is 1. The average Bonchev–Trinajstić information content (AvgIpc) is 2.89. The van der Waals surface area contributed by atoms with E-state index < -0.39 is 43.3 Å². The van der Waals surface area contributed by atoms with Crippen LogP contribution in [0.4, 0.5) is 10.6 Å². The molecule has 0 radical (unpaired) electrons. The van der Waals surface area contributed by atoms with Gasteiger partial charge in [0.15, 0.2) is 5.65 Å². The Labute approximate surface area is 211 Å². The molecule has 2 amide bonds. The van der Waals surface area contributed by atoms with Gasteiger partial charge in [0.25, 0.3) is 0 Å². The molecular formula is C23H25N5O7S. The Morgan fingerprint density at radius 1 is 1.14 bits per heavy atom.